The highest BCUT2D eigenvalue weighted by Crippen LogP contribution is 2.27. The molecule has 5 rings (SSSR count). The van der Waals surface area contributed by atoms with Gasteiger partial charge in [-0.05, 0) is 50.6 Å². The number of amides is 1. The lowest BCUT2D eigenvalue weighted by molar-refractivity contribution is -0.115. The molecule has 0 unspecified atom stereocenters. The number of ketones is 1. The Labute approximate surface area is 206 Å². The van der Waals surface area contributed by atoms with Gasteiger partial charge in [0, 0.05) is 57.2 Å². The third-order valence-electron chi connectivity index (χ3n) is 6.00. The number of fused-ring (bicyclic) bond motifs is 2. The monoisotopic (exact) mass is 486 g/mol. The van der Waals surface area contributed by atoms with Gasteiger partial charge in [-0.25, -0.2) is 9.97 Å². The van der Waals surface area contributed by atoms with Crippen molar-refractivity contribution in [2.24, 2.45) is 0 Å². The van der Waals surface area contributed by atoms with Crippen molar-refractivity contribution in [1.82, 2.24) is 24.5 Å². The second-order valence-corrected chi connectivity index (χ2v) is 9.18. The summed E-state index contributed by atoms with van der Waals surface area (Å²) in [6.45, 7) is 5.97. The number of rotatable bonds is 6. The molecule has 1 amide bonds. The van der Waals surface area contributed by atoms with Crippen molar-refractivity contribution in [2.75, 3.05) is 5.32 Å². The van der Waals surface area contributed by atoms with E-state index in [0.717, 1.165) is 22.2 Å². The first-order chi connectivity index (χ1) is 16.8. The number of nitrogens with one attached hydrogen (secondary N) is 2. The molecule has 0 spiro atoms. The van der Waals surface area contributed by atoms with E-state index < -0.39 is 0 Å². The number of aryl methyl sites for hydroxylation is 1. The zero-order chi connectivity index (χ0) is 24.7. The normalized spacial score (nSPS) is 11.5. The van der Waals surface area contributed by atoms with Crippen LogP contribution in [0.5, 0.6) is 0 Å². The molecule has 0 radical (unpaired) electrons. The molecule has 176 valence electrons. The van der Waals surface area contributed by atoms with Crippen LogP contribution < -0.4 is 5.32 Å². The van der Waals surface area contributed by atoms with Crippen molar-refractivity contribution in [3.63, 3.8) is 0 Å². The van der Waals surface area contributed by atoms with Crippen LogP contribution in [0.3, 0.4) is 0 Å². The second kappa shape index (κ2) is 8.96. The third-order valence-corrected chi connectivity index (χ3v) is 6.23. The van der Waals surface area contributed by atoms with E-state index in [1.165, 1.54) is 18.7 Å². The first-order valence-corrected chi connectivity index (χ1v) is 11.6. The molecule has 0 aliphatic carbocycles. The van der Waals surface area contributed by atoms with Crippen LogP contribution >= 0.6 is 11.6 Å². The van der Waals surface area contributed by atoms with Gasteiger partial charge in [0.05, 0.1) is 23.9 Å². The maximum atomic E-state index is 13.4. The molecular formula is C26H23ClN6O2. The first-order valence-electron chi connectivity index (χ1n) is 11.2. The number of hydrogen-bond acceptors (Lipinski definition) is 5. The fourth-order valence-electron chi connectivity index (χ4n) is 4.30. The molecule has 0 aliphatic heterocycles. The van der Waals surface area contributed by atoms with Crippen LogP contribution in [-0.2, 0) is 11.2 Å². The topological polar surface area (TPSA) is 106 Å². The van der Waals surface area contributed by atoms with Crippen LogP contribution in [0.25, 0.3) is 21.9 Å². The van der Waals surface area contributed by atoms with Crippen molar-refractivity contribution < 1.29 is 9.59 Å². The van der Waals surface area contributed by atoms with Crippen LogP contribution in [0.4, 0.5) is 5.69 Å². The molecule has 5 aromatic rings. The number of anilines is 1. The largest absolute Gasteiger partial charge is 0.358 e. The highest BCUT2D eigenvalue weighted by atomic mass is 35.5. The van der Waals surface area contributed by atoms with Crippen molar-refractivity contribution in [3.8, 4) is 0 Å². The fraction of sp³-hybridized carbons (Fsp3) is 0.192. The minimum Gasteiger partial charge on any atom is -0.358 e. The zero-order valence-corrected chi connectivity index (χ0v) is 20.2. The zero-order valence-electron chi connectivity index (χ0n) is 19.5. The molecule has 4 aromatic heterocycles. The van der Waals surface area contributed by atoms with E-state index in [1.54, 1.807) is 18.5 Å². The molecule has 0 aliphatic rings. The summed E-state index contributed by atoms with van der Waals surface area (Å²) in [5, 5.41) is 5.06. The summed E-state index contributed by atoms with van der Waals surface area (Å²) in [4.78, 5) is 42.1. The van der Waals surface area contributed by atoms with Gasteiger partial charge in [0.2, 0.25) is 5.91 Å². The molecule has 0 saturated heterocycles. The second-order valence-electron chi connectivity index (χ2n) is 8.74. The Hall–Kier alpha value is -4.04. The average molecular weight is 487 g/mol. The lowest BCUT2D eigenvalue weighted by Crippen LogP contribution is -2.15. The van der Waals surface area contributed by atoms with Gasteiger partial charge in [-0.15, -0.1) is 0 Å². The van der Waals surface area contributed by atoms with Crippen LogP contribution in [0.15, 0.2) is 55.4 Å². The van der Waals surface area contributed by atoms with E-state index in [2.05, 4.69) is 25.3 Å². The van der Waals surface area contributed by atoms with Crippen molar-refractivity contribution in [2.45, 2.75) is 33.2 Å². The molecule has 0 saturated carbocycles. The molecule has 0 fully saturated rings. The molecular weight excluding hydrogens is 464 g/mol. The quantitative estimate of drug-likeness (QED) is 0.318. The number of aromatic nitrogens is 5. The van der Waals surface area contributed by atoms with Gasteiger partial charge in [-0.3, -0.25) is 14.6 Å². The smallest absolute Gasteiger partial charge is 0.228 e. The van der Waals surface area contributed by atoms with Gasteiger partial charge in [-0.2, -0.15) is 0 Å². The molecule has 35 heavy (non-hydrogen) atoms. The van der Waals surface area contributed by atoms with Crippen LogP contribution in [0.1, 0.15) is 47.1 Å². The minimum atomic E-state index is -0.217. The molecule has 0 atom stereocenters. The van der Waals surface area contributed by atoms with Crippen molar-refractivity contribution >= 4 is 50.9 Å². The van der Waals surface area contributed by atoms with Gasteiger partial charge in [0.1, 0.15) is 12.0 Å². The maximum Gasteiger partial charge on any atom is 0.228 e. The number of pyridine rings is 1. The fourth-order valence-corrected chi connectivity index (χ4v) is 4.47. The van der Waals surface area contributed by atoms with Crippen molar-refractivity contribution in [3.05, 3.63) is 82.8 Å². The number of H-pyrrole nitrogens is 1. The summed E-state index contributed by atoms with van der Waals surface area (Å²) in [6.07, 6.45) is 8.08. The van der Waals surface area contributed by atoms with Crippen LogP contribution in [0.2, 0.25) is 5.02 Å². The predicted octanol–water partition coefficient (Wildman–Crippen LogP) is 5.26. The van der Waals surface area contributed by atoms with E-state index in [-0.39, 0.29) is 24.2 Å². The van der Waals surface area contributed by atoms with Crippen LogP contribution in [0, 0.1) is 6.92 Å². The highest BCUT2D eigenvalue weighted by Gasteiger charge is 2.20. The minimum absolute atomic E-state index is 0.126. The molecule has 0 bridgehead atoms. The SMILES string of the molecule is Cc1[nH]c2ccc(Cl)cc2c1CC(=O)Nc1cncc(C(=O)c2cn(C(C)C)c3ncncc23)c1. The third kappa shape index (κ3) is 4.28. The Morgan fingerprint density at radius 3 is 2.74 bits per heavy atom. The number of benzene rings is 1. The average Bonchev–Trinajstić information content (AvgIpc) is 3.37. The standard InChI is InChI=1S/C26H23ClN6O2/c1-14(2)33-12-22(21-11-29-13-30-26(21)33)25(35)16-6-18(10-28-9-16)32-24(34)8-19-15(3)31-23-5-4-17(27)7-20(19)23/h4-7,9-14,31H,8H2,1-3H3,(H,32,34). The number of hydrogen-bond donors (Lipinski definition) is 2. The summed E-state index contributed by atoms with van der Waals surface area (Å²) in [5.41, 5.74) is 4.71. The number of carbonyl (C=O) groups excluding carboxylic acids is 2. The van der Waals surface area contributed by atoms with Gasteiger partial charge in [-0.1, -0.05) is 11.6 Å². The summed E-state index contributed by atoms with van der Waals surface area (Å²) >= 11 is 6.15. The summed E-state index contributed by atoms with van der Waals surface area (Å²) in [6, 6.07) is 7.31. The van der Waals surface area contributed by atoms with Crippen molar-refractivity contribution in [1.29, 1.82) is 0 Å². The van der Waals surface area contributed by atoms with Gasteiger partial charge in [0.25, 0.3) is 0 Å². The Morgan fingerprint density at radius 2 is 1.94 bits per heavy atom. The Kier molecular flexibility index (Phi) is 5.82. The predicted molar refractivity (Wildman–Crippen MR) is 136 cm³/mol. The molecule has 4 heterocycles. The summed E-state index contributed by atoms with van der Waals surface area (Å²) in [7, 11) is 0. The first kappa shape index (κ1) is 22.7. The number of nitrogens with zero attached hydrogens (tertiary/aromatic N) is 4. The highest BCUT2D eigenvalue weighted by molar-refractivity contribution is 6.31. The lowest BCUT2D eigenvalue weighted by atomic mass is 10.1. The molecule has 2 N–H and O–H groups in total. The number of carbonyl (C=O) groups is 2. The summed E-state index contributed by atoms with van der Waals surface area (Å²) in [5.74, 6) is -0.430. The van der Waals surface area contributed by atoms with Gasteiger partial charge >= 0.3 is 0 Å². The Bertz CT molecular complexity index is 1600. The molecule has 8 nitrogen and oxygen atoms in total. The molecule has 1 aromatic carbocycles. The van der Waals surface area contributed by atoms with Gasteiger partial charge < -0.3 is 14.9 Å². The maximum absolute atomic E-state index is 13.4. The summed E-state index contributed by atoms with van der Waals surface area (Å²) < 4.78 is 1.94. The Balaban J connectivity index is 1.40. The van der Waals surface area contributed by atoms with E-state index in [1.807, 2.05) is 43.5 Å². The van der Waals surface area contributed by atoms with Crippen LogP contribution in [-0.4, -0.2) is 36.2 Å². The van der Waals surface area contributed by atoms with Gasteiger partial charge in [0.15, 0.2) is 5.78 Å². The lowest BCUT2D eigenvalue weighted by Gasteiger charge is -2.08. The Morgan fingerprint density at radius 1 is 1.11 bits per heavy atom. The number of aromatic amines is 1. The van der Waals surface area contributed by atoms with E-state index in [0.29, 0.717) is 32.9 Å². The van der Waals surface area contributed by atoms with E-state index in [9.17, 15) is 9.59 Å². The van der Waals surface area contributed by atoms with E-state index in [4.69, 9.17) is 11.6 Å². The van der Waals surface area contributed by atoms with E-state index >= 15 is 0 Å². The number of halogens is 1. The molecule has 9 heteroatoms.